The van der Waals surface area contributed by atoms with Crippen LogP contribution >= 0.6 is 0 Å². The summed E-state index contributed by atoms with van der Waals surface area (Å²) in [5.74, 6) is 0.801. The summed E-state index contributed by atoms with van der Waals surface area (Å²) in [5.41, 5.74) is 3.51. The molecule has 29 heavy (non-hydrogen) atoms. The minimum atomic E-state index is -0.305. The molecule has 0 aliphatic carbocycles. The lowest BCUT2D eigenvalue weighted by Crippen LogP contribution is -2.39. The minimum Gasteiger partial charge on any atom is -0.354 e. The third-order valence-electron chi connectivity index (χ3n) is 5.81. The van der Waals surface area contributed by atoms with Gasteiger partial charge in [0.2, 0.25) is 5.91 Å². The van der Waals surface area contributed by atoms with Gasteiger partial charge in [0, 0.05) is 18.9 Å². The highest BCUT2D eigenvalue weighted by Crippen LogP contribution is 2.18. The molecule has 0 bridgehead atoms. The van der Waals surface area contributed by atoms with E-state index in [-0.39, 0.29) is 11.9 Å². The Bertz CT molecular complexity index is 726. The van der Waals surface area contributed by atoms with Crippen molar-refractivity contribution in [1.29, 1.82) is 0 Å². The second kappa shape index (κ2) is 11.7. The van der Waals surface area contributed by atoms with Gasteiger partial charge in [-0.25, -0.2) is 0 Å². The molecule has 1 unspecified atom stereocenters. The first-order chi connectivity index (χ1) is 14.3. The third kappa shape index (κ3) is 6.94. The van der Waals surface area contributed by atoms with Crippen LogP contribution in [0.3, 0.4) is 0 Å². The summed E-state index contributed by atoms with van der Waals surface area (Å²) in [6.45, 7) is 5.87. The van der Waals surface area contributed by atoms with E-state index >= 15 is 0 Å². The summed E-state index contributed by atoms with van der Waals surface area (Å²) in [7, 11) is 0. The molecule has 1 aromatic heterocycles. The lowest BCUT2D eigenvalue weighted by atomic mass is 9.94. The molecule has 0 spiro atoms. The van der Waals surface area contributed by atoms with Gasteiger partial charge in [0.1, 0.15) is 6.04 Å². The Morgan fingerprint density at radius 2 is 1.79 bits per heavy atom. The number of carbonyl (C=O) groups is 1. The molecule has 1 aliphatic heterocycles. The van der Waals surface area contributed by atoms with Crippen molar-refractivity contribution in [3.05, 3.63) is 65.5 Å². The third-order valence-corrected chi connectivity index (χ3v) is 5.81. The van der Waals surface area contributed by atoms with Gasteiger partial charge in [0.05, 0.1) is 0 Å². The van der Waals surface area contributed by atoms with E-state index in [2.05, 4.69) is 52.1 Å². The van der Waals surface area contributed by atoms with Crippen LogP contribution in [0.2, 0.25) is 0 Å². The molecule has 0 saturated carbocycles. The smallest absolute Gasteiger partial charge is 0.241 e. The highest BCUT2D eigenvalue weighted by Gasteiger charge is 2.21. The quantitative estimate of drug-likeness (QED) is 0.580. The predicted molar refractivity (Wildman–Crippen MR) is 118 cm³/mol. The number of benzene rings is 1. The number of aromatic nitrogens is 1. The molecule has 1 aromatic carbocycles. The maximum absolute atomic E-state index is 13.0. The average molecular weight is 395 g/mol. The van der Waals surface area contributed by atoms with Crippen LogP contribution in [-0.4, -0.2) is 37.1 Å². The van der Waals surface area contributed by atoms with Gasteiger partial charge < -0.3 is 16.0 Å². The number of hydrogen-bond donors (Lipinski definition) is 3. The molecule has 1 aliphatic rings. The van der Waals surface area contributed by atoms with Gasteiger partial charge in [-0.05, 0) is 86.5 Å². The van der Waals surface area contributed by atoms with Gasteiger partial charge in [-0.2, -0.15) is 0 Å². The van der Waals surface area contributed by atoms with E-state index in [1.54, 1.807) is 12.4 Å². The Balaban J connectivity index is 1.56. The molecule has 1 atom stereocenters. The van der Waals surface area contributed by atoms with E-state index in [9.17, 15) is 4.79 Å². The number of aryl methyl sites for hydroxylation is 1. The van der Waals surface area contributed by atoms with Crippen LogP contribution in [0.25, 0.3) is 0 Å². The fourth-order valence-electron chi connectivity index (χ4n) is 3.89. The Kier molecular flexibility index (Phi) is 8.65. The normalized spacial score (nSPS) is 15.8. The number of nitrogens with one attached hydrogen (secondary N) is 3. The predicted octanol–water partition coefficient (Wildman–Crippen LogP) is 3.02. The van der Waals surface area contributed by atoms with Crippen LogP contribution in [-0.2, 0) is 17.6 Å². The van der Waals surface area contributed by atoms with Gasteiger partial charge in [0.25, 0.3) is 0 Å². The van der Waals surface area contributed by atoms with Gasteiger partial charge in [-0.1, -0.05) is 31.2 Å². The number of pyridine rings is 1. The highest BCUT2D eigenvalue weighted by molar-refractivity contribution is 5.83. The van der Waals surface area contributed by atoms with E-state index < -0.39 is 0 Å². The van der Waals surface area contributed by atoms with Crippen LogP contribution in [0.5, 0.6) is 0 Å². The first-order valence-electron chi connectivity index (χ1n) is 11.0. The minimum absolute atomic E-state index is 0.0496. The number of piperidine rings is 1. The van der Waals surface area contributed by atoms with E-state index in [1.807, 2.05) is 12.1 Å². The molecule has 0 radical (unpaired) electrons. The fraction of sp³-hybridized carbons (Fsp3) is 0.500. The highest BCUT2D eigenvalue weighted by atomic mass is 16.2. The van der Waals surface area contributed by atoms with E-state index in [4.69, 9.17) is 0 Å². The molecular formula is C24H34N4O. The van der Waals surface area contributed by atoms with Crippen molar-refractivity contribution in [2.75, 3.05) is 26.2 Å². The summed E-state index contributed by atoms with van der Waals surface area (Å²) >= 11 is 0. The van der Waals surface area contributed by atoms with Crippen molar-refractivity contribution < 1.29 is 4.79 Å². The van der Waals surface area contributed by atoms with E-state index in [0.29, 0.717) is 6.54 Å². The lowest BCUT2D eigenvalue weighted by Gasteiger charge is -2.24. The number of nitrogens with zero attached hydrogens (tertiary/aromatic N) is 1. The molecule has 5 nitrogen and oxygen atoms in total. The maximum Gasteiger partial charge on any atom is 0.241 e. The van der Waals surface area contributed by atoms with Crippen molar-refractivity contribution in [1.82, 2.24) is 20.9 Å². The van der Waals surface area contributed by atoms with Gasteiger partial charge >= 0.3 is 0 Å². The lowest BCUT2D eigenvalue weighted by molar-refractivity contribution is -0.123. The number of rotatable bonds is 10. The van der Waals surface area contributed by atoms with Gasteiger partial charge in [-0.3, -0.25) is 9.78 Å². The Hall–Kier alpha value is -2.24. The SMILES string of the molecule is CCc1ccc(C(NCCC2CCNCC2)C(=O)NCCc2ccncc2)cc1. The summed E-state index contributed by atoms with van der Waals surface area (Å²) < 4.78 is 0. The van der Waals surface area contributed by atoms with Crippen molar-refractivity contribution in [3.8, 4) is 0 Å². The molecule has 1 fully saturated rings. The van der Waals surface area contributed by atoms with Crippen LogP contribution in [0.4, 0.5) is 0 Å². The van der Waals surface area contributed by atoms with Crippen molar-refractivity contribution in [3.63, 3.8) is 0 Å². The summed E-state index contributed by atoms with van der Waals surface area (Å²) in [4.78, 5) is 17.0. The van der Waals surface area contributed by atoms with Crippen molar-refractivity contribution in [2.45, 2.75) is 45.1 Å². The summed E-state index contributed by atoms with van der Waals surface area (Å²) in [6.07, 6.45) is 8.98. The number of amides is 1. The molecule has 1 amide bonds. The fourth-order valence-corrected chi connectivity index (χ4v) is 3.89. The Labute approximate surface area is 174 Å². The monoisotopic (exact) mass is 394 g/mol. The Morgan fingerprint density at radius 1 is 1.07 bits per heavy atom. The van der Waals surface area contributed by atoms with Gasteiger partial charge in [-0.15, -0.1) is 0 Å². The second-order valence-electron chi connectivity index (χ2n) is 7.86. The zero-order valence-electron chi connectivity index (χ0n) is 17.5. The van der Waals surface area contributed by atoms with Crippen LogP contribution in [0.15, 0.2) is 48.8 Å². The first kappa shape index (κ1) is 21.5. The second-order valence-corrected chi connectivity index (χ2v) is 7.86. The molecule has 2 aromatic rings. The molecule has 3 N–H and O–H groups in total. The van der Waals surface area contributed by atoms with Crippen LogP contribution in [0, 0.1) is 5.92 Å². The zero-order valence-corrected chi connectivity index (χ0v) is 17.5. The maximum atomic E-state index is 13.0. The van der Waals surface area contributed by atoms with Crippen molar-refractivity contribution in [2.24, 2.45) is 5.92 Å². The van der Waals surface area contributed by atoms with E-state index in [0.717, 1.165) is 50.4 Å². The zero-order chi connectivity index (χ0) is 20.3. The molecule has 1 saturated heterocycles. The first-order valence-corrected chi connectivity index (χ1v) is 11.0. The number of hydrogen-bond acceptors (Lipinski definition) is 4. The van der Waals surface area contributed by atoms with Crippen LogP contribution in [0.1, 0.15) is 48.9 Å². The summed E-state index contributed by atoms with van der Waals surface area (Å²) in [5, 5.41) is 10.1. The largest absolute Gasteiger partial charge is 0.354 e. The van der Waals surface area contributed by atoms with Crippen molar-refractivity contribution >= 4 is 5.91 Å². The molecule has 2 heterocycles. The van der Waals surface area contributed by atoms with Gasteiger partial charge in [0.15, 0.2) is 0 Å². The molecule has 156 valence electrons. The summed E-state index contributed by atoms with van der Waals surface area (Å²) in [6, 6.07) is 12.1. The average Bonchev–Trinajstić information content (AvgIpc) is 2.78. The van der Waals surface area contributed by atoms with Crippen LogP contribution < -0.4 is 16.0 Å². The molecular weight excluding hydrogens is 360 g/mol. The van der Waals surface area contributed by atoms with E-state index in [1.165, 1.54) is 24.0 Å². The molecule has 3 rings (SSSR count). The standard InChI is InChI=1S/C24H34N4O/c1-2-19-3-5-22(6-4-19)23(27-17-11-20-7-13-25-14-8-20)24(29)28-18-12-21-9-15-26-16-10-21/h3-6,9-10,15-16,20,23,25,27H,2,7-8,11-14,17-18H2,1H3,(H,28,29). The topological polar surface area (TPSA) is 66.0 Å². The number of carbonyl (C=O) groups excluding carboxylic acids is 1. The Morgan fingerprint density at radius 3 is 2.48 bits per heavy atom. The molecule has 5 heteroatoms.